The molecule has 0 spiro atoms. The van der Waals surface area contributed by atoms with E-state index in [9.17, 15) is 4.79 Å². The van der Waals surface area contributed by atoms with Gasteiger partial charge < -0.3 is 5.11 Å². The van der Waals surface area contributed by atoms with Crippen molar-refractivity contribution in [2.75, 3.05) is 0 Å². The molecular weight excluding hydrogens is 310 g/mol. The van der Waals surface area contributed by atoms with Gasteiger partial charge in [0.05, 0.1) is 5.56 Å². The Morgan fingerprint density at radius 2 is 1.68 bits per heavy atom. The molecule has 3 aromatic rings. The largest absolute Gasteiger partial charge is 0.478 e. The van der Waals surface area contributed by atoms with Crippen LogP contribution in [0, 0.1) is 6.92 Å². The maximum absolute atomic E-state index is 11.0. The van der Waals surface area contributed by atoms with Crippen molar-refractivity contribution in [2.24, 2.45) is 0 Å². The number of pyridine rings is 1. The lowest BCUT2D eigenvalue weighted by Gasteiger charge is -2.00. The lowest BCUT2D eigenvalue weighted by atomic mass is 10.1. The highest BCUT2D eigenvalue weighted by Gasteiger charge is 2.06. The van der Waals surface area contributed by atoms with Gasteiger partial charge in [0.15, 0.2) is 18.9 Å². The maximum atomic E-state index is 11.0. The van der Waals surface area contributed by atoms with E-state index in [4.69, 9.17) is 5.11 Å². The summed E-state index contributed by atoms with van der Waals surface area (Å²) >= 11 is 0. The van der Waals surface area contributed by atoms with Crippen molar-refractivity contribution in [1.29, 1.82) is 0 Å². The third-order valence-electron chi connectivity index (χ3n) is 3.97. The Morgan fingerprint density at radius 1 is 0.960 bits per heavy atom. The zero-order valence-electron chi connectivity index (χ0n) is 14.1. The van der Waals surface area contributed by atoms with Crippen LogP contribution >= 0.6 is 0 Å². The predicted molar refractivity (Wildman–Crippen MR) is 99.2 cm³/mol. The number of aromatic carboxylic acids is 1. The number of hydrogen-bond donors (Lipinski definition) is 1. The van der Waals surface area contributed by atoms with Crippen LogP contribution in [0.5, 0.6) is 0 Å². The molecule has 2 aromatic carbocycles. The van der Waals surface area contributed by atoms with Crippen LogP contribution in [0.2, 0.25) is 0 Å². The number of carboxylic acids is 1. The Kier molecular flexibility index (Phi) is 5.05. The van der Waals surface area contributed by atoms with Crippen molar-refractivity contribution in [1.82, 2.24) is 0 Å². The lowest BCUT2D eigenvalue weighted by Crippen LogP contribution is -2.33. The second-order valence-corrected chi connectivity index (χ2v) is 6.06. The highest BCUT2D eigenvalue weighted by molar-refractivity contribution is 5.87. The minimum absolute atomic E-state index is 0.316. The van der Waals surface area contributed by atoms with Gasteiger partial charge >= 0.3 is 5.97 Å². The molecule has 1 heterocycles. The number of hydrogen-bond acceptors (Lipinski definition) is 1. The zero-order valence-corrected chi connectivity index (χ0v) is 14.1. The smallest absolute Gasteiger partial charge is 0.335 e. The summed E-state index contributed by atoms with van der Waals surface area (Å²) in [5.41, 5.74) is 4.83. The second kappa shape index (κ2) is 7.58. The molecule has 3 heteroatoms. The van der Waals surface area contributed by atoms with Gasteiger partial charge in [-0.25, -0.2) is 9.36 Å². The number of rotatable bonds is 5. The molecule has 0 bridgehead atoms. The quantitative estimate of drug-likeness (QED) is 0.712. The van der Waals surface area contributed by atoms with Crippen LogP contribution in [-0.2, 0) is 6.54 Å². The van der Waals surface area contributed by atoms with Crippen molar-refractivity contribution in [2.45, 2.75) is 13.5 Å². The minimum Gasteiger partial charge on any atom is -0.478 e. The fourth-order valence-corrected chi connectivity index (χ4v) is 2.67. The third-order valence-corrected chi connectivity index (χ3v) is 3.97. The zero-order chi connectivity index (χ0) is 17.6. The first kappa shape index (κ1) is 16.7. The van der Waals surface area contributed by atoms with E-state index >= 15 is 0 Å². The van der Waals surface area contributed by atoms with Crippen LogP contribution in [0.15, 0.2) is 73.1 Å². The van der Waals surface area contributed by atoms with Gasteiger partial charge in [0.25, 0.3) is 0 Å². The number of nitrogens with zero attached hydrogens (tertiary/aromatic N) is 1. The maximum Gasteiger partial charge on any atom is 0.335 e. The fourth-order valence-electron chi connectivity index (χ4n) is 2.67. The molecule has 0 aliphatic rings. The van der Waals surface area contributed by atoms with E-state index in [0.29, 0.717) is 12.1 Å². The van der Waals surface area contributed by atoms with Crippen molar-refractivity contribution >= 4 is 18.1 Å². The number of aromatic nitrogens is 1. The third kappa shape index (κ3) is 4.64. The van der Waals surface area contributed by atoms with E-state index in [1.807, 2.05) is 35.2 Å². The van der Waals surface area contributed by atoms with E-state index in [1.165, 1.54) is 11.1 Å². The molecule has 0 saturated heterocycles. The molecule has 3 rings (SSSR count). The molecule has 0 aliphatic carbocycles. The Balaban J connectivity index is 1.70. The summed E-state index contributed by atoms with van der Waals surface area (Å²) in [7, 11) is 0. The van der Waals surface area contributed by atoms with E-state index in [-0.39, 0.29) is 0 Å². The predicted octanol–water partition coefficient (Wildman–Crippen LogP) is 4.20. The summed E-state index contributed by atoms with van der Waals surface area (Å²) in [5, 5.41) is 9.07. The van der Waals surface area contributed by atoms with Crippen molar-refractivity contribution < 1.29 is 14.5 Å². The summed E-state index contributed by atoms with van der Waals surface area (Å²) in [4.78, 5) is 11.0. The van der Waals surface area contributed by atoms with Gasteiger partial charge in [-0.1, -0.05) is 54.1 Å². The number of benzene rings is 2. The highest BCUT2D eigenvalue weighted by Crippen LogP contribution is 2.09. The van der Waals surface area contributed by atoms with Gasteiger partial charge in [0, 0.05) is 17.7 Å². The van der Waals surface area contributed by atoms with Gasteiger partial charge in [-0.3, -0.25) is 0 Å². The Bertz CT molecular complexity index is 911. The average Bonchev–Trinajstić information content (AvgIpc) is 2.61. The average molecular weight is 330 g/mol. The van der Waals surface area contributed by atoms with Gasteiger partial charge in [0.2, 0.25) is 0 Å². The van der Waals surface area contributed by atoms with Crippen LogP contribution in [0.1, 0.15) is 32.6 Å². The van der Waals surface area contributed by atoms with Crippen LogP contribution in [-0.4, -0.2) is 11.1 Å². The Labute approximate surface area is 147 Å². The van der Waals surface area contributed by atoms with Crippen molar-refractivity contribution in [3.63, 3.8) is 0 Å². The molecule has 0 fully saturated rings. The van der Waals surface area contributed by atoms with E-state index in [0.717, 1.165) is 11.1 Å². The van der Waals surface area contributed by atoms with E-state index < -0.39 is 5.97 Å². The molecule has 0 saturated carbocycles. The molecule has 1 N–H and O–H groups in total. The van der Waals surface area contributed by atoms with Crippen LogP contribution in [0.4, 0.5) is 0 Å². The molecule has 3 nitrogen and oxygen atoms in total. The first-order valence-corrected chi connectivity index (χ1v) is 8.16. The van der Waals surface area contributed by atoms with Crippen LogP contribution in [0.3, 0.4) is 0 Å². The van der Waals surface area contributed by atoms with Gasteiger partial charge in [-0.15, -0.1) is 0 Å². The standard InChI is InChI=1S/C22H19NO2/c1-17-4-2-5-19(14-17)9-8-18-10-12-23(13-11-18)16-20-6-3-7-21(15-20)22(24)25/h2-15H,16H2,1H3/p+1/b9-8-. The van der Waals surface area contributed by atoms with Gasteiger partial charge in [0.1, 0.15) is 0 Å². The summed E-state index contributed by atoms with van der Waals surface area (Å²) in [6, 6.07) is 19.5. The van der Waals surface area contributed by atoms with Gasteiger partial charge in [-0.2, -0.15) is 0 Å². The topological polar surface area (TPSA) is 41.2 Å². The number of carboxylic acid groups (broad SMARTS) is 1. The molecule has 1 aromatic heterocycles. The van der Waals surface area contributed by atoms with Crippen molar-refractivity contribution in [3.8, 4) is 0 Å². The molecule has 0 unspecified atom stereocenters. The monoisotopic (exact) mass is 330 g/mol. The Morgan fingerprint density at radius 3 is 2.40 bits per heavy atom. The first-order chi connectivity index (χ1) is 12.1. The minimum atomic E-state index is -0.900. The molecule has 0 atom stereocenters. The Hall–Kier alpha value is -3.20. The molecule has 25 heavy (non-hydrogen) atoms. The highest BCUT2D eigenvalue weighted by atomic mass is 16.4. The summed E-state index contributed by atoms with van der Waals surface area (Å²) in [6.45, 7) is 2.73. The molecule has 124 valence electrons. The van der Waals surface area contributed by atoms with Gasteiger partial charge in [-0.05, 0) is 30.2 Å². The first-order valence-electron chi connectivity index (χ1n) is 8.16. The van der Waals surface area contributed by atoms with Crippen LogP contribution < -0.4 is 4.57 Å². The summed E-state index contributed by atoms with van der Waals surface area (Å²) in [5.74, 6) is -0.900. The number of carbonyl (C=O) groups is 1. The van der Waals surface area contributed by atoms with Crippen LogP contribution in [0.25, 0.3) is 12.2 Å². The second-order valence-electron chi connectivity index (χ2n) is 6.06. The number of aryl methyl sites for hydroxylation is 1. The SMILES string of the molecule is Cc1cccc(/C=C\c2cc[n+](Cc3cccc(C(=O)O)c3)cc2)c1. The normalized spacial score (nSPS) is 10.9. The fraction of sp³-hybridized carbons (Fsp3) is 0.0909. The summed E-state index contributed by atoms with van der Waals surface area (Å²) < 4.78 is 2.03. The van der Waals surface area contributed by atoms with E-state index in [1.54, 1.807) is 18.2 Å². The van der Waals surface area contributed by atoms with Crippen molar-refractivity contribution in [3.05, 3.63) is 101 Å². The molecule has 0 aliphatic heterocycles. The van der Waals surface area contributed by atoms with E-state index in [2.05, 4.69) is 43.3 Å². The molecular formula is C22H20NO2+. The lowest BCUT2D eigenvalue weighted by molar-refractivity contribution is -0.688. The molecule has 0 amide bonds. The molecule has 0 radical (unpaired) electrons. The summed E-state index contributed by atoms with van der Waals surface area (Å²) in [6.07, 6.45) is 8.19.